The molecule has 3 nitrogen and oxygen atoms in total. The van der Waals surface area contributed by atoms with E-state index in [0.717, 1.165) is 13.0 Å². The van der Waals surface area contributed by atoms with E-state index in [0.29, 0.717) is 17.9 Å². The van der Waals surface area contributed by atoms with E-state index < -0.39 is 0 Å². The second kappa shape index (κ2) is 6.89. The molecule has 0 rings (SSSR count). The van der Waals surface area contributed by atoms with Gasteiger partial charge in [0.15, 0.2) is 0 Å². The molecule has 16 heavy (non-hydrogen) atoms. The van der Waals surface area contributed by atoms with E-state index in [-0.39, 0.29) is 11.9 Å². The van der Waals surface area contributed by atoms with Crippen LogP contribution < -0.4 is 10.6 Å². The Bertz CT molecular complexity index is 206. The number of carbonyl (C=O) groups excluding carboxylic acids is 1. The summed E-state index contributed by atoms with van der Waals surface area (Å²) in [6.07, 6.45) is 1.08. The van der Waals surface area contributed by atoms with Gasteiger partial charge in [0.1, 0.15) is 0 Å². The molecule has 0 aromatic heterocycles. The van der Waals surface area contributed by atoms with Gasteiger partial charge in [0.05, 0.1) is 6.54 Å². The molecule has 0 aliphatic carbocycles. The Morgan fingerprint density at radius 2 is 1.75 bits per heavy atom. The average Bonchev–Trinajstić information content (AvgIpc) is 2.10. The van der Waals surface area contributed by atoms with Crippen molar-refractivity contribution in [1.29, 1.82) is 0 Å². The van der Waals surface area contributed by atoms with Gasteiger partial charge in [-0.05, 0) is 31.2 Å². The number of amides is 1. The highest BCUT2D eigenvalue weighted by Gasteiger charge is 2.11. The third kappa shape index (κ3) is 8.72. The quantitative estimate of drug-likeness (QED) is 0.684. The number of rotatable bonds is 6. The molecule has 0 spiro atoms. The topological polar surface area (TPSA) is 41.1 Å². The van der Waals surface area contributed by atoms with Gasteiger partial charge in [-0.15, -0.1) is 0 Å². The van der Waals surface area contributed by atoms with E-state index in [1.165, 1.54) is 0 Å². The predicted octanol–water partition coefficient (Wildman–Crippen LogP) is 2.17. The molecule has 2 N–H and O–H groups in total. The maximum absolute atomic E-state index is 11.5. The molecule has 0 aliphatic heterocycles. The highest BCUT2D eigenvalue weighted by molar-refractivity contribution is 5.78. The van der Waals surface area contributed by atoms with Crippen LogP contribution in [0.3, 0.4) is 0 Å². The number of nitrogens with one attached hydrogen (secondary N) is 2. The summed E-state index contributed by atoms with van der Waals surface area (Å²) in [6.45, 7) is 14.2. The minimum absolute atomic E-state index is 0.0927. The molecular formula is C13H28N2O. The van der Waals surface area contributed by atoms with Crippen molar-refractivity contribution in [2.45, 2.75) is 54.0 Å². The van der Waals surface area contributed by atoms with Crippen LogP contribution in [0.2, 0.25) is 0 Å². The van der Waals surface area contributed by atoms with Crippen LogP contribution >= 0.6 is 0 Å². The van der Waals surface area contributed by atoms with Gasteiger partial charge in [0.25, 0.3) is 0 Å². The molecule has 0 radical (unpaired) electrons. The fourth-order valence-corrected chi connectivity index (χ4v) is 1.14. The maximum atomic E-state index is 11.5. The second-order valence-electron chi connectivity index (χ2n) is 6.09. The predicted molar refractivity (Wildman–Crippen MR) is 69.4 cm³/mol. The molecule has 1 amide bonds. The van der Waals surface area contributed by atoms with Gasteiger partial charge >= 0.3 is 0 Å². The summed E-state index contributed by atoms with van der Waals surface area (Å²) in [5, 5.41) is 6.15. The molecule has 0 aliphatic rings. The molecular weight excluding hydrogens is 200 g/mol. The molecule has 0 heterocycles. The first-order chi connectivity index (χ1) is 7.22. The lowest BCUT2D eigenvalue weighted by Gasteiger charge is -2.19. The lowest BCUT2D eigenvalue weighted by Crippen LogP contribution is -2.41. The van der Waals surface area contributed by atoms with E-state index in [1.54, 1.807) is 0 Å². The number of hydrogen-bond donors (Lipinski definition) is 2. The van der Waals surface area contributed by atoms with Crippen molar-refractivity contribution in [3.05, 3.63) is 0 Å². The summed E-state index contributed by atoms with van der Waals surface area (Å²) in [6, 6.07) is 0.247. The Hall–Kier alpha value is -0.570. The molecule has 0 fully saturated rings. The van der Waals surface area contributed by atoms with Crippen LogP contribution in [0.25, 0.3) is 0 Å². The first-order valence-corrected chi connectivity index (χ1v) is 6.22. The van der Waals surface area contributed by atoms with E-state index in [1.807, 2.05) is 6.92 Å². The van der Waals surface area contributed by atoms with Gasteiger partial charge < -0.3 is 10.6 Å². The van der Waals surface area contributed by atoms with Crippen molar-refractivity contribution in [3.8, 4) is 0 Å². The van der Waals surface area contributed by atoms with E-state index in [4.69, 9.17) is 0 Å². The second-order valence-corrected chi connectivity index (χ2v) is 6.09. The van der Waals surface area contributed by atoms with Crippen LogP contribution in [-0.2, 0) is 4.79 Å². The standard InChI is InChI=1S/C13H28N2O/c1-10(2)11(3)15-12(16)9-14-8-7-13(4,5)6/h10-11,14H,7-9H2,1-6H3,(H,15,16). The minimum Gasteiger partial charge on any atom is -0.352 e. The van der Waals surface area contributed by atoms with Crippen LogP contribution in [0.4, 0.5) is 0 Å². The Morgan fingerprint density at radius 1 is 1.19 bits per heavy atom. The molecule has 3 heteroatoms. The first kappa shape index (κ1) is 15.4. The number of hydrogen-bond acceptors (Lipinski definition) is 2. The van der Waals surface area contributed by atoms with E-state index in [2.05, 4.69) is 45.3 Å². The van der Waals surface area contributed by atoms with Crippen LogP contribution in [0, 0.1) is 11.3 Å². The summed E-state index contributed by atoms with van der Waals surface area (Å²) < 4.78 is 0. The summed E-state index contributed by atoms with van der Waals surface area (Å²) in [5.74, 6) is 0.577. The molecule has 0 bridgehead atoms. The summed E-state index contributed by atoms with van der Waals surface area (Å²) in [7, 11) is 0. The molecule has 0 aromatic rings. The fourth-order valence-electron chi connectivity index (χ4n) is 1.14. The van der Waals surface area contributed by atoms with Gasteiger partial charge in [-0.3, -0.25) is 4.79 Å². The zero-order chi connectivity index (χ0) is 12.8. The normalized spacial score (nSPS) is 13.9. The van der Waals surface area contributed by atoms with E-state index >= 15 is 0 Å². The summed E-state index contributed by atoms with van der Waals surface area (Å²) in [5.41, 5.74) is 0.328. The molecule has 0 saturated carbocycles. The summed E-state index contributed by atoms with van der Waals surface area (Å²) >= 11 is 0. The summed E-state index contributed by atoms with van der Waals surface area (Å²) in [4.78, 5) is 11.5. The van der Waals surface area contributed by atoms with Crippen molar-refractivity contribution in [1.82, 2.24) is 10.6 Å². The van der Waals surface area contributed by atoms with E-state index in [9.17, 15) is 4.79 Å². The Morgan fingerprint density at radius 3 is 2.19 bits per heavy atom. The molecule has 0 saturated heterocycles. The first-order valence-electron chi connectivity index (χ1n) is 6.22. The molecule has 0 aromatic carbocycles. The van der Waals surface area contributed by atoms with Crippen LogP contribution in [0.5, 0.6) is 0 Å². The minimum atomic E-state index is 0.0927. The molecule has 96 valence electrons. The largest absolute Gasteiger partial charge is 0.352 e. The monoisotopic (exact) mass is 228 g/mol. The average molecular weight is 228 g/mol. The Labute approximate surface area is 100 Å². The van der Waals surface area contributed by atoms with Gasteiger partial charge in [-0.1, -0.05) is 34.6 Å². The zero-order valence-electron chi connectivity index (χ0n) is 11.7. The number of carbonyl (C=O) groups is 1. The molecule has 1 unspecified atom stereocenters. The molecule has 1 atom stereocenters. The van der Waals surface area contributed by atoms with Gasteiger partial charge in [0.2, 0.25) is 5.91 Å². The van der Waals surface area contributed by atoms with Gasteiger partial charge in [-0.25, -0.2) is 0 Å². The van der Waals surface area contributed by atoms with Crippen molar-refractivity contribution < 1.29 is 4.79 Å². The smallest absolute Gasteiger partial charge is 0.234 e. The Balaban J connectivity index is 3.59. The van der Waals surface area contributed by atoms with Crippen molar-refractivity contribution in [2.75, 3.05) is 13.1 Å². The SMILES string of the molecule is CC(C)C(C)NC(=O)CNCCC(C)(C)C. The van der Waals surface area contributed by atoms with Gasteiger partial charge in [0, 0.05) is 6.04 Å². The maximum Gasteiger partial charge on any atom is 0.234 e. The highest BCUT2D eigenvalue weighted by Crippen LogP contribution is 2.16. The lowest BCUT2D eigenvalue weighted by atomic mass is 9.92. The third-order valence-corrected chi connectivity index (χ3v) is 2.73. The van der Waals surface area contributed by atoms with Crippen LogP contribution in [0.15, 0.2) is 0 Å². The third-order valence-electron chi connectivity index (χ3n) is 2.73. The van der Waals surface area contributed by atoms with Crippen molar-refractivity contribution in [3.63, 3.8) is 0 Å². The van der Waals surface area contributed by atoms with Gasteiger partial charge in [-0.2, -0.15) is 0 Å². The lowest BCUT2D eigenvalue weighted by molar-refractivity contribution is -0.121. The van der Waals surface area contributed by atoms with Crippen LogP contribution in [-0.4, -0.2) is 25.0 Å². The zero-order valence-corrected chi connectivity index (χ0v) is 11.7. The van der Waals surface area contributed by atoms with Crippen molar-refractivity contribution >= 4 is 5.91 Å². The highest BCUT2D eigenvalue weighted by atomic mass is 16.1. The Kier molecular flexibility index (Phi) is 6.65. The van der Waals surface area contributed by atoms with Crippen LogP contribution in [0.1, 0.15) is 48.0 Å². The fraction of sp³-hybridized carbons (Fsp3) is 0.923. The van der Waals surface area contributed by atoms with Crippen molar-refractivity contribution in [2.24, 2.45) is 11.3 Å².